The first-order valence-electron chi connectivity index (χ1n) is 9.01. The van der Waals surface area contributed by atoms with Crippen LogP contribution in [0.2, 0.25) is 0 Å². The van der Waals surface area contributed by atoms with E-state index in [1.807, 2.05) is 0 Å². The Bertz CT molecular complexity index is 790. The Kier molecular flexibility index (Phi) is 7.43. The Morgan fingerprint density at radius 3 is 2.24 bits per heavy atom. The molecular formula is C17H26N4O4. The molecular weight excluding hydrogens is 324 g/mol. The highest BCUT2D eigenvalue weighted by molar-refractivity contribution is 5.89. The number of aromatic nitrogens is 4. The third-order valence-corrected chi connectivity index (χ3v) is 4.06. The minimum Gasteiger partial charge on any atom is -0.460 e. The Morgan fingerprint density at radius 1 is 0.920 bits per heavy atom. The number of carbonyl (C=O) groups is 1. The van der Waals surface area contributed by atoms with Gasteiger partial charge in [0, 0.05) is 0 Å². The number of esters is 1. The lowest BCUT2D eigenvalue weighted by Gasteiger charge is -2.03. The Labute approximate surface area is 145 Å². The number of rotatable bonds is 11. The molecule has 0 saturated carbocycles. The third-order valence-electron chi connectivity index (χ3n) is 4.06. The lowest BCUT2D eigenvalue weighted by Crippen LogP contribution is -2.21. The van der Waals surface area contributed by atoms with Crippen LogP contribution in [0.5, 0.6) is 0 Å². The number of ether oxygens (including phenoxy) is 1. The summed E-state index contributed by atoms with van der Waals surface area (Å²) in [6, 6.07) is 0. The van der Waals surface area contributed by atoms with Gasteiger partial charge < -0.3 is 9.72 Å². The zero-order valence-electron chi connectivity index (χ0n) is 14.7. The fraction of sp³-hybridized carbons (Fsp3) is 0.647. The van der Waals surface area contributed by atoms with Gasteiger partial charge in [-0.3, -0.25) is 14.8 Å². The molecule has 0 aliphatic carbocycles. The summed E-state index contributed by atoms with van der Waals surface area (Å²) in [5.74, 6) is -0.714. The summed E-state index contributed by atoms with van der Waals surface area (Å²) < 4.78 is 5.15. The normalized spacial score (nSPS) is 11.1. The van der Waals surface area contributed by atoms with Crippen LogP contribution in [-0.4, -0.2) is 32.5 Å². The van der Waals surface area contributed by atoms with Crippen molar-refractivity contribution in [3.05, 3.63) is 26.7 Å². The average molecular weight is 350 g/mol. The molecule has 0 amide bonds. The SMILES string of the molecule is CCCCCCCCCCCOC(=O)c1nc2[nH]c(=O)[nH]c(=O)c2[nH]1. The highest BCUT2D eigenvalue weighted by Crippen LogP contribution is 2.10. The van der Waals surface area contributed by atoms with Gasteiger partial charge in [0.2, 0.25) is 5.82 Å². The number of nitrogens with zero attached hydrogens (tertiary/aromatic N) is 1. The zero-order chi connectivity index (χ0) is 18.1. The second-order valence-corrected chi connectivity index (χ2v) is 6.18. The smallest absolute Gasteiger partial charge is 0.374 e. The number of imidazole rings is 1. The van der Waals surface area contributed by atoms with Crippen LogP contribution in [0.15, 0.2) is 9.59 Å². The van der Waals surface area contributed by atoms with E-state index in [0.717, 1.165) is 19.3 Å². The van der Waals surface area contributed by atoms with Gasteiger partial charge in [0.1, 0.15) is 5.52 Å². The van der Waals surface area contributed by atoms with Gasteiger partial charge >= 0.3 is 11.7 Å². The molecule has 0 spiro atoms. The molecule has 0 unspecified atom stereocenters. The van der Waals surface area contributed by atoms with Crippen LogP contribution in [0, 0.1) is 0 Å². The Morgan fingerprint density at radius 2 is 1.56 bits per heavy atom. The van der Waals surface area contributed by atoms with Crippen molar-refractivity contribution in [3.8, 4) is 0 Å². The predicted molar refractivity (Wildman–Crippen MR) is 94.8 cm³/mol. The standard InChI is InChI=1S/C17H26N4O4/c1-2-3-4-5-6-7-8-9-10-11-25-16(23)14-18-12-13(19-14)20-17(24)21-15(12)22/h2-11H2,1H3,(H3,18,19,20,21,22,24). The molecule has 0 fully saturated rings. The van der Waals surface area contributed by atoms with Crippen LogP contribution in [0.3, 0.4) is 0 Å². The highest BCUT2D eigenvalue weighted by Gasteiger charge is 2.15. The van der Waals surface area contributed by atoms with Crippen molar-refractivity contribution in [2.75, 3.05) is 6.61 Å². The van der Waals surface area contributed by atoms with Crippen molar-refractivity contribution in [1.29, 1.82) is 0 Å². The number of aromatic amines is 3. The van der Waals surface area contributed by atoms with E-state index < -0.39 is 17.2 Å². The minimum absolute atomic E-state index is 0.0452. The summed E-state index contributed by atoms with van der Waals surface area (Å²) in [5, 5.41) is 0. The molecule has 8 heteroatoms. The largest absolute Gasteiger partial charge is 0.460 e. The van der Waals surface area contributed by atoms with Gasteiger partial charge in [-0.2, -0.15) is 0 Å². The zero-order valence-corrected chi connectivity index (χ0v) is 14.7. The third kappa shape index (κ3) is 5.88. The van der Waals surface area contributed by atoms with Crippen molar-refractivity contribution in [3.63, 3.8) is 0 Å². The second kappa shape index (κ2) is 9.80. The van der Waals surface area contributed by atoms with Crippen LogP contribution in [-0.2, 0) is 4.74 Å². The maximum atomic E-state index is 11.9. The van der Waals surface area contributed by atoms with E-state index in [9.17, 15) is 14.4 Å². The highest BCUT2D eigenvalue weighted by atomic mass is 16.5. The van der Waals surface area contributed by atoms with E-state index in [-0.39, 0.29) is 17.0 Å². The van der Waals surface area contributed by atoms with E-state index in [1.54, 1.807) is 0 Å². The molecule has 138 valence electrons. The van der Waals surface area contributed by atoms with Gasteiger partial charge in [-0.05, 0) is 6.42 Å². The van der Waals surface area contributed by atoms with Gasteiger partial charge in [0.15, 0.2) is 5.65 Å². The quantitative estimate of drug-likeness (QED) is 0.425. The molecule has 2 aromatic rings. The summed E-state index contributed by atoms with van der Waals surface area (Å²) in [6.45, 7) is 2.53. The first-order valence-corrected chi connectivity index (χ1v) is 9.01. The van der Waals surface area contributed by atoms with Crippen molar-refractivity contribution in [2.45, 2.75) is 64.7 Å². The van der Waals surface area contributed by atoms with Crippen LogP contribution < -0.4 is 11.2 Å². The monoisotopic (exact) mass is 350 g/mol. The summed E-state index contributed by atoms with van der Waals surface area (Å²) in [6.07, 6.45) is 10.7. The molecule has 0 radical (unpaired) electrons. The molecule has 0 bridgehead atoms. The van der Waals surface area contributed by atoms with Crippen molar-refractivity contribution < 1.29 is 9.53 Å². The number of unbranched alkanes of at least 4 members (excludes halogenated alkanes) is 8. The molecule has 0 aliphatic rings. The van der Waals surface area contributed by atoms with E-state index in [0.29, 0.717) is 6.61 Å². The minimum atomic E-state index is -0.668. The van der Waals surface area contributed by atoms with Crippen molar-refractivity contribution >= 4 is 17.1 Å². The van der Waals surface area contributed by atoms with Crippen LogP contribution in [0.1, 0.15) is 75.3 Å². The number of carbonyl (C=O) groups excluding carboxylic acids is 1. The average Bonchev–Trinajstić information content (AvgIpc) is 3.01. The molecule has 0 aromatic carbocycles. The van der Waals surface area contributed by atoms with E-state index in [1.165, 1.54) is 38.5 Å². The maximum Gasteiger partial charge on any atom is 0.374 e. The second-order valence-electron chi connectivity index (χ2n) is 6.18. The number of hydrogen-bond acceptors (Lipinski definition) is 5. The molecule has 2 aromatic heterocycles. The fourth-order valence-corrected chi connectivity index (χ4v) is 2.68. The molecule has 0 aliphatic heterocycles. The van der Waals surface area contributed by atoms with Gasteiger partial charge in [0.05, 0.1) is 6.61 Å². The van der Waals surface area contributed by atoms with Crippen LogP contribution >= 0.6 is 0 Å². The lowest BCUT2D eigenvalue weighted by atomic mass is 10.1. The number of nitrogens with one attached hydrogen (secondary N) is 3. The van der Waals surface area contributed by atoms with Gasteiger partial charge in [-0.25, -0.2) is 14.6 Å². The van der Waals surface area contributed by atoms with E-state index in [4.69, 9.17) is 4.74 Å². The topological polar surface area (TPSA) is 121 Å². The van der Waals surface area contributed by atoms with Crippen LogP contribution in [0.4, 0.5) is 0 Å². The van der Waals surface area contributed by atoms with Crippen molar-refractivity contribution in [1.82, 2.24) is 19.9 Å². The van der Waals surface area contributed by atoms with E-state index >= 15 is 0 Å². The molecule has 0 saturated heterocycles. The summed E-state index contributed by atoms with van der Waals surface area (Å²) in [7, 11) is 0. The van der Waals surface area contributed by atoms with Crippen molar-refractivity contribution in [2.24, 2.45) is 0 Å². The first kappa shape index (κ1) is 19.0. The van der Waals surface area contributed by atoms with Gasteiger partial charge in [0.25, 0.3) is 5.56 Å². The number of hydrogen-bond donors (Lipinski definition) is 3. The maximum absolute atomic E-state index is 11.9. The predicted octanol–water partition coefficient (Wildman–Crippen LogP) is 2.63. The van der Waals surface area contributed by atoms with Gasteiger partial charge in [-0.1, -0.05) is 58.3 Å². The summed E-state index contributed by atoms with van der Waals surface area (Å²) in [5.41, 5.74) is -1.19. The molecule has 25 heavy (non-hydrogen) atoms. The molecule has 2 rings (SSSR count). The molecule has 2 heterocycles. The summed E-state index contributed by atoms with van der Waals surface area (Å²) >= 11 is 0. The number of H-pyrrole nitrogens is 3. The van der Waals surface area contributed by atoms with Gasteiger partial charge in [-0.15, -0.1) is 0 Å². The fourth-order valence-electron chi connectivity index (χ4n) is 2.68. The van der Waals surface area contributed by atoms with Crippen LogP contribution in [0.25, 0.3) is 11.2 Å². The molecule has 8 nitrogen and oxygen atoms in total. The van der Waals surface area contributed by atoms with E-state index in [2.05, 4.69) is 26.9 Å². The summed E-state index contributed by atoms with van der Waals surface area (Å²) in [4.78, 5) is 45.6. The molecule has 0 atom stereocenters. The Balaban J connectivity index is 1.67. The number of fused-ring (bicyclic) bond motifs is 1. The Hall–Kier alpha value is -2.38. The molecule has 3 N–H and O–H groups in total. The lowest BCUT2D eigenvalue weighted by molar-refractivity contribution is 0.0485. The first-order chi connectivity index (χ1) is 12.1.